The molecule has 1 atom stereocenters. The maximum atomic E-state index is 9.47. The normalized spacial score (nSPS) is 27.8. The second-order valence-corrected chi connectivity index (χ2v) is 6.22. The molecule has 1 aromatic heterocycles. The minimum atomic E-state index is -0.336. The summed E-state index contributed by atoms with van der Waals surface area (Å²) in [5.74, 6) is 0. The Labute approximate surface area is 101 Å². The van der Waals surface area contributed by atoms with E-state index in [0.717, 1.165) is 25.8 Å². The lowest BCUT2D eigenvalue weighted by Gasteiger charge is -2.36. The predicted octanol–water partition coefficient (Wildman–Crippen LogP) is 3.31. The molecule has 2 nitrogen and oxygen atoms in total. The van der Waals surface area contributed by atoms with E-state index in [2.05, 4.69) is 42.7 Å². The molecule has 1 aliphatic carbocycles. The van der Waals surface area contributed by atoms with Gasteiger partial charge in [0.2, 0.25) is 0 Å². The van der Waals surface area contributed by atoms with Crippen LogP contribution < -0.4 is 5.32 Å². The van der Waals surface area contributed by atoms with E-state index in [1.165, 1.54) is 4.88 Å². The van der Waals surface area contributed by atoms with E-state index in [1.54, 1.807) is 11.3 Å². The molecule has 3 heteroatoms. The molecule has 2 rings (SSSR count). The quantitative estimate of drug-likeness (QED) is 0.871. The second kappa shape index (κ2) is 4.20. The molecule has 0 saturated heterocycles. The van der Waals surface area contributed by atoms with Gasteiger partial charge in [-0.3, -0.25) is 5.32 Å². The van der Waals surface area contributed by atoms with Crippen LogP contribution in [0.1, 0.15) is 38.0 Å². The van der Waals surface area contributed by atoms with Crippen molar-refractivity contribution < 1.29 is 0 Å². The molecule has 1 unspecified atom stereocenters. The summed E-state index contributed by atoms with van der Waals surface area (Å²) in [4.78, 5) is 1.30. The third kappa shape index (κ3) is 1.88. The Bertz CT molecular complexity index is 389. The number of nitrogens with one attached hydrogen (secondary N) is 1. The van der Waals surface area contributed by atoms with Crippen LogP contribution in [0.25, 0.3) is 0 Å². The van der Waals surface area contributed by atoms with Crippen LogP contribution >= 0.6 is 11.3 Å². The lowest BCUT2D eigenvalue weighted by molar-refractivity contribution is 0.214. The first kappa shape index (κ1) is 11.6. The van der Waals surface area contributed by atoms with Crippen molar-refractivity contribution in [2.24, 2.45) is 5.41 Å². The molecule has 1 aliphatic rings. The molecule has 1 aromatic rings. The van der Waals surface area contributed by atoms with Crippen LogP contribution in [0.2, 0.25) is 0 Å². The molecule has 1 N–H and O–H groups in total. The zero-order chi connectivity index (χ0) is 11.6. The zero-order valence-electron chi connectivity index (χ0n) is 9.92. The Morgan fingerprint density at radius 2 is 2.31 bits per heavy atom. The second-order valence-electron chi connectivity index (χ2n) is 5.19. The molecule has 0 aliphatic heterocycles. The van der Waals surface area contributed by atoms with Gasteiger partial charge in [-0.2, -0.15) is 5.26 Å². The highest BCUT2D eigenvalue weighted by molar-refractivity contribution is 7.09. The molecule has 0 spiro atoms. The Morgan fingerprint density at radius 3 is 2.81 bits per heavy atom. The molecule has 1 fully saturated rings. The third-order valence-electron chi connectivity index (χ3n) is 3.84. The Hall–Kier alpha value is -0.850. The first-order chi connectivity index (χ1) is 7.60. The zero-order valence-corrected chi connectivity index (χ0v) is 10.7. The van der Waals surface area contributed by atoms with Gasteiger partial charge < -0.3 is 0 Å². The predicted molar refractivity (Wildman–Crippen MR) is 67.1 cm³/mol. The number of thiophene rings is 1. The average Bonchev–Trinajstić information content (AvgIpc) is 2.83. The van der Waals surface area contributed by atoms with E-state index in [-0.39, 0.29) is 11.0 Å². The number of hydrogen-bond acceptors (Lipinski definition) is 3. The van der Waals surface area contributed by atoms with Gasteiger partial charge in [-0.1, -0.05) is 19.9 Å². The largest absolute Gasteiger partial charge is 0.294 e. The molecule has 1 heterocycles. The molecular weight excluding hydrogens is 216 g/mol. The van der Waals surface area contributed by atoms with Crippen molar-refractivity contribution in [1.29, 1.82) is 5.26 Å². The third-order valence-corrected chi connectivity index (χ3v) is 4.72. The van der Waals surface area contributed by atoms with E-state index >= 15 is 0 Å². The van der Waals surface area contributed by atoms with Crippen molar-refractivity contribution in [2.75, 3.05) is 0 Å². The highest BCUT2D eigenvalue weighted by atomic mass is 32.1. The molecule has 0 amide bonds. The summed E-state index contributed by atoms with van der Waals surface area (Å²) >= 11 is 1.74. The Balaban J connectivity index is 2.09. The number of nitriles is 1. The number of hydrogen-bond donors (Lipinski definition) is 1. The van der Waals surface area contributed by atoms with Gasteiger partial charge in [-0.05, 0) is 36.1 Å². The van der Waals surface area contributed by atoms with Crippen molar-refractivity contribution in [3.63, 3.8) is 0 Å². The lowest BCUT2D eigenvalue weighted by atomic mass is 9.76. The molecule has 86 valence electrons. The van der Waals surface area contributed by atoms with Crippen LogP contribution in [0.4, 0.5) is 0 Å². The highest BCUT2D eigenvalue weighted by Gasteiger charge is 2.48. The summed E-state index contributed by atoms with van der Waals surface area (Å²) < 4.78 is 0. The van der Waals surface area contributed by atoms with Gasteiger partial charge in [0.05, 0.1) is 6.07 Å². The minimum absolute atomic E-state index is 0.0824. The first-order valence-corrected chi connectivity index (χ1v) is 6.66. The van der Waals surface area contributed by atoms with Crippen molar-refractivity contribution in [3.05, 3.63) is 22.4 Å². The fourth-order valence-corrected chi connectivity index (χ4v) is 3.22. The van der Waals surface area contributed by atoms with Crippen LogP contribution in [0, 0.1) is 16.7 Å². The van der Waals surface area contributed by atoms with Crippen molar-refractivity contribution in [2.45, 2.75) is 45.2 Å². The monoisotopic (exact) mass is 234 g/mol. The van der Waals surface area contributed by atoms with Gasteiger partial charge in [-0.15, -0.1) is 11.3 Å². The molecule has 16 heavy (non-hydrogen) atoms. The number of nitrogens with zero attached hydrogens (tertiary/aromatic N) is 1. The summed E-state index contributed by atoms with van der Waals surface area (Å²) in [5.41, 5.74) is -0.254. The van der Waals surface area contributed by atoms with Gasteiger partial charge in [0, 0.05) is 11.4 Å². The molecule has 0 bridgehead atoms. The van der Waals surface area contributed by atoms with Gasteiger partial charge >= 0.3 is 0 Å². The van der Waals surface area contributed by atoms with Crippen LogP contribution in [-0.2, 0) is 6.54 Å². The fraction of sp³-hybridized carbons (Fsp3) is 0.615. The number of rotatable bonds is 3. The summed E-state index contributed by atoms with van der Waals surface area (Å²) in [6, 6.07) is 6.70. The summed E-state index contributed by atoms with van der Waals surface area (Å²) in [5, 5.41) is 15.0. The smallest absolute Gasteiger partial charge is 0.112 e. The Morgan fingerprint density at radius 1 is 1.50 bits per heavy atom. The van der Waals surface area contributed by atoms with E-state index < -0.39 is 0 Å². The van der Waals surface area contributed by atoms with E-state index in [4.69, 9.17) is 0 Å². The SMILES string of the molecule is CC1(C)CCCC1(C#N)NCc1cccs1. The minimum Gasteiger partial charge on any atom is -0.294 e. The van der Waals surface area contributed by atoms with Crippen LogP contribution in [0.15, 0.2) is 17.5 Å². The molecule has 0 aromatic carbocycles. The van der Waals surface area contributed by atoms with Gasteiger partial charge in [0.25, 0.3) is 0 Å². The van der Waals surface area contributed by atoms with Crippen molar-refractivity contribution in [3.8, 4) is 6.07 Å². The standard InChI is InChI=1S/C13H18N2S/c1-12(2)6-4-7-13(12,10-14)15-9-11-5-3-8-16-11/h3,5,8,15H,4,6-7,9H2,1-2H3. The maximum absolute atomic E-state index is 9.47. The molecule has 1 saturated carbocycles. The fourth-order valence-electron chi connectivity index (χ4n) is 2.57. The van der Waals surface area contributed by atoms with Crippen LogP contribution in [0.3, 0.4) is 0 Å². The lowest BCUT2D eigenvalue weighted by Crippen LogP contribution is -2.51. The van der Waals surface area contributed by atoms with Gasteiger partial charge in [-0.25, -0.2) is 0 Å². The highest BCUT2D eigenvalue weighted by Crippen LogP contribution is 2.45. The summed E-state index contributed by atoms with van der Waals surface area (Å²) in [7, 11) is 0. The Kier molecular flexibility index (Phi) is 3.05. The maximum Gasteiger partial charge on any atom is 0.112 e. The van der Waals surface area contributed by atoms with Gasteiger partial charge in [0.1, 0.15) is 5.54 Å². The van der Waals surface area contributed by atoms with Crippen molar-refractivity contribution in [1.82, 2.24) is 5.32 Å². The van der Waals surface area contributed by atoms with E-state index in [9.17, 15) is 5.26 Å². The van der Waals surface area contributed by atoms with Crippen LogP contribution in [-0.4, -0.2) is 5.54 Å². The summed E-state index contributed by atoms with van der Waals surface area (Å²) in [6.07, 6.45) is 3.26. The summed E-state index contributed by atoms with van der Waals surface area (Å²) in [6.45, 7) is 5.21. The average molecular weight is 234 g/mol. The van der Waals surface area contributed by atoms with Crippen molar-refractivity contribution >= 4 is 11.3 Å². The van der Waals surface area contributed by atoms with E-state index in [1.807, 2.05) is 0 Å². The van der Waals surface area contributed by atoms with Crippen LogP contribution in [0.5, 0.6) is 0 Å². The first-order valence-electron chi connectivity index (χ1n) is 5.78. The van der Waals surface area contributed by atoms with Gasteiger partial charge in [0.15, 0.2) is 0 Å². The van der Waals surface area contributed by atoms with E-state index in [0.29, 0.717) is 0 Å². The topological polar surface area (TPSA) is 35.8 Å². The molecule has 0 radical (unpaired) electrons. The molecular formula is C13H18N2S.